The number of aliphatic hydroxyl groups excluding tert-OH is 2. The SMILES string of the molecule is CCC[C@]1(O)[C@@H]2CCC(=O)[C@@H](Cc3cccc(c3)CCC=C3C[C@@H](c4cc(CO)cc(NC[C@H](C)O)c4)C#C[C@@H]4CC(=O)Oc5cc(O)c(cc54)C[C@H]1OC3=O)C2. The lowest BCUT2D eigenvalue weighted by atomic mass is 9.66. The number of benzene rings is 3. The third-order valence-electron chi connectivity index (χ3n) is 12.1. The standard InChI is InChI=1S/C47H53NO9/c1-3-14-47(55)38-12-13-41(51)36(20-38)16-30-8-4-6-29(15-30)7-5-9-34-19-32(35-17-31(27-49)18-39(21-35)48-26-28(2)50)10-11-33-24-45(53)56-43-25-42(52)37(22-40(33)43)23-44(47)57-46(34)54/h4,6,8-9,15,17-18,21-22,25,28,32-33,36,38,44,48-50,52,55H,3,5,7,12-14,16,19-20,23-24,26-27H2,1-2H3/t28-,32-,33+,36-,38+,44+,47-/m0/s1. The van der Waals surface area contributed by atoms with Crippen LogP contribution in [0.15, 0.2) is 66.2 Å². The van der Waals surface area contributed by atoms with Crippen LogP contribution in [0.25, 0.3) is 0 Å². The predicted molar refractivity (Wildman–Crippen MR) is 215 cm³/mol. The smallest absolute Gasteiger partial charge is 0.334 e. The number of aromatic hydroxyl groups is 1. The molecule has 57 heavy (non-hydrogen) atoms. The Morgan fingerprint density at radius 3 is 2.56 bits per heavy atom. The average molecular weight is 776 g/mol. The first-order valence-corrected chi connectivity index (χ1v) is 20.4. The fraction of sp³-hybridized carbons (Fsp3) is 0.468. The van der Waals surface area contributed by atoms with E-state index in [1.54, 1.807) is 19.1 Å². The lowest BCUT2D eigenvalue weighted by Crippen LogP contribution is -2.54. The third-order valence-corrected chi connectivity index (χ3v) is 12.1. The quantitative estimate of drug-likeness (QED) is 0.104. The summed E-state index contributed by atoms with van der Waals surface area (Å²) in [5.74, 6) is 4.02. The van der Waals surface area contributed by atoms with Gasteiger partial charge in [-0.3, -0.25) is 9.59 Å². The van der Waals surface area contributed by atoms with Crippen LogP contribution in [-0.2, 0) is 45.0 Å². The molecule has 0 radical (unpaired) electrons. The average Bonchev–Trinajstić information content (AvgIpc) is 3.19. The van der Waals surface area contributed by atoms with E-state index in [2.05, 4.69) is 23.2 Å². The van der Waals surface area contributed by atoms with Crippen molar-refractivity contribution in [3.05, 3.63) is 99.6 Å². The number of allylic oxidation sites excluding steroid dienone is 1. The Kier molecular flexibility index (Phi) is 12.2. The molecular formula is C47H53NO9. The summed E-state index contributed by atoms with van der Waals surface area (Å²) in [7, 11) is 0. The Hall–Kier alpha value is -4.95. The molecule has 1 aliphatic carbocycles. The highest BCUT2D eigenvalue weighted by Crippen LogP contribution is 2.45. The van der Waals surface area contributed by atoms with Crippen LogP contribution in [0.5, 0.6) is 11.5 Å². The minimum absolute atomic E-state index is 0.0150. The highest BCUT2D eigenvalue weighted by molar-refractivity contribution is 5.89. The van der Waals surface area contributed by atoms with E-state index in [0.29, 0.717) is 79.3 Å². The van der Waals surface area contributed by atoms with E-state index in [1.807, 2.05) is 43.3 Å². The number of esters is 2. The summed E-state index contributed by atoms with van der Waals surface area (Å²) >= 11 is 0. The fourth-order valence-electron chi connectivity index (χ4n) is 9.16. The van der Waals surface area contributed by atoms with E-state index < -0.39 is 41.6 Å². The molecule has 0 amide bonds. The van der Waals surface area contributed by atoms with Crippen LogP contribution in [0.1, 0.15) is 110 Å². The molecule has 10 heteroatoms. The molecule has 0 aromatic heterocycles. The summed E-state index contributed by atoms with van der Waals surface area (Å²) in [6.07, 6.45) is 4.03. The number of anilines is 1. The molecule has 0 unspecified atom stereocenters. The van der Waals surface area contributed by atoms with Crippen LogP contribution >= 0.6 is 0 Å². The number of ketones is 1. The molecule has 7 atom stereocenters. The Bertz CT molecular complexity index is 2110. The number of fused-ring (bicyclic) bond motifs is 8. The minimum Gasteiger partial charge on any atom is -0.508 e. The van der Waals surface area contributed by atoms with Crippen molar-refractivity contribution in [3.63, 3.8) is 0 Å². The lowest BCUT2D eigenvalue weighted by molar-refractivity contribution is -0.176. The summed E-state index contributed by atoms with van der Waals surface area (Å²) in [6.45, 7) is 3.67. The summed E-state index contributed by atoms with van der Waals surface area (Å²) < 4.78 is 12.2. The van der Waals surface area contributed by atoms with Gasteiger partial charge in [-0.25, -0.2) is 4.79 Å². The first-order chi connectivity index (χ1) is 27.4. The predicted octanol–water partition coefficient (Wildman–Crippen LogP) is 6.35. The van der Waals surface area contributed by atoms with Crippen LogP contribution in [0.3, 0.4) is 0 Å². The van der Waals surface area contributed by atoms with E-state index in [4.69, 9.17) is 9.47 Å². The second-order valence-electron chi connectivity index (χ2n) is 16.4. The van der Waals surface area contributed by atoms with Gasteiger partial charge in [0.25, 0.3) is 0 Å². The van der Waals surface area contributed by atoms with Crippen LogP contribution in [0.2, 0.25) is 0 Å². The van der Waals surface area contributed by atoms with Gasteiger partial charge < -0.3 is 35.2 Å². The number of ether oxygens (including phenoxy) is 2. The van der Waals surface area contributed by atoms with E-state index >= 15 is 0 Å². The number of nitrogens with one attached hydrogen (secondary N) is 1. The Morgan fingerprint density at radius 1 is 0.965 bits per heavy atom. The van der Waals surface area contributed by atoms with E-state index in [9.17, 15) is 34.8 Å². The molecule has 0 spiro atoms. The second kappa shape index (κ2) is 17.3. The zero-order valence-electron chi connectivity index (χ0n) is 32.8. The summed E-state index contributed by atoms with van der Waals surface area (Å²) in [4.78, 5) is 41.2. The van der Waals surface area contributed by atoms with Crippen molar-refractivity contribution >= 4 is 23.4 Å². The van der Waals surface area contributed by atoms with Gasteiger partial charge in [-0.05, 0) is 104 Å². The number of phenols is 1. The number of carbonyl (C=O) groups is 3. The molecule has 3 aliphatic heterocycles. The van der Waals surface area contributed by atoms with Crippen LogP contribution < -0.4 is 10.1 Å². The molecule has 1 saturated carbocycles. The number of rotatable bonds is 7. The van der Waals surface area contributed by atoms with E-state index in [1.165, 1.54) is 6.07 Å². The third kappa shape index (κ3) is 9.12. The molecule has 3 aromatic carbocycles. The molecule has 3 heterocycles. The molecule has 5 N–H and O–H groups in total. The van der Waals surface area contributed by atoms with Crippen LogP contribution in [-0.4, -0.2) is 62.5 Å². The van der Waals surface area contributed by atoms with Crippen LogP contribution in [0.4, 0.5) is 5.69 Å². The lowest BCUT2D eigenvalue weighted by Gasteiger charge is -2.45. The maximum Gasteiger partial charge on any atom is 0.334 e. The number of phenolic OH excluding ortho intramolecular Hbond substituents is 1. The van der Waals surface area contributed by atoms with Gasteiger partial charge in [-0.15, -0.1) is 0 Å². The van der Waals surface area contributed by atoms with Crippen molar-refractivity contribution in [1.82, 2.24) is 0 Å². The summed E-state index contributed by atoms with van der Waals surface area (Å²) in [5, 5.41) is 48.0. The summed E-state index contributed by atoms with van der Waals surface area (Å²) in [5.41, 5.74) is 4.00. The zero-order chi connectivity index (χ0) is 40.3. The van der Waals surface area contributed by atoms with Gasteiger partial charge in [0.2, 0.25) is 0 Å². The highest BCUT2D eigenvalue weighted by atomic mass is 16.6. The molecule has 300 valence electrons. The number of hydrogen-bond donors (Lipinski definition) is 5. The molecule has 1 fully saturated rings. The topological polar surface area (TPSA) is 163 Å². The largest absolute Gasteiger partial charge is 0.508 e. The first-order valence-electron chi connectivity index (χ1n) is 20.4. The Labute approximate surface area is 334 Å². The molecule has 7 rings (SSSR count). The monoisotopic (exact) mass is 775 g/mol. The molecule has 0 saturated heterocycles. The minimum atomic E-state index is -1.54. The second-order valence-corrected chi connectivity index (χ2v) is 16.4. The zero-order valence-corrected chi connectivity index (χ0v) is 32.8. The van der Waals surface area contributed by atoms with Crippen molar-refractivity contribution < 1.29 is 44.3 Å². The van der Waals surface area contributed by atoms with Gasteiger partial charge in [0.1, 0.15) is 29.0 Å². The number of hydrogen-bond acceptors (Lipinski definition) is 10. The maximum absolute atomic E-state index is 14.8. The van der Waals surface area contributed by atoms with Gasteiger partial charge in [0.15, 0.2) is 0 Å². The fourth-order valence-corrected chi connectivity index (χ4v) is 9.16. The first kappa shape index (κ1) is 40.3. The molecule has 3 aromatic rings. The molecule has 4 aliphatic rings. The van der Waals surface area contributed by atoms with Gasteiger partial charge in [-0.2, -0.15) is 0 Å². The Morgan fingerprint density at radius 2 is 1.77 bits per heavy atom. The maximum atomic E-state index is 14.8. The van der Waals surface area contributed by atoms with E-state index in [-0.39, 0.29) is 61.5 Å². The van der Waals surface area contributed by atoms with Gasteiger partial charge in [-0.1, -0.05) is 61.6 Å². The normalized spacial score (nSPS) is 26.7. The van der Waals surface area contributed by atoms with Gasteiger partial charge >= 0.3 is 11.9 Å². The van der Waals surface area contributed by atoms with Gasteiger partial charge in [0.05, 0.1) is 25.0 Å². The number of Topliss-reactive ketones (excluding diaryl/α,β-unsaturated/α-hetero) is 1. The van der Waals surface area contributed by atoms with E-state index in [0.717, 1.165) is 16.7 Å². The number of aliphatic hydroxyl groups is 3. The molecule has 8 bridgehead atoms. The van der Waals surface area contributed by atoms with Crippen LogP contribution in [0, 0.1) is 23.7 Å². The van der Waals surface area contributed by atoms with Gasteiger partial charge in [0, 0.05) is 54.1 Å². The van der Waals surface area contributed by atoms with Crippen molar-refractivity contribution in [1.29, 1.82) is 0 Å². The van der Waals surface area contributed by atoms with Crippen molar-refractivity contribution in [2.75, 3.05) is 11.9 Å². The number of carbonyl (C=O) groups excluding carboxylic acids is 3. The number of aryl methyl sites for hydroxylation is 1. The van der Waals surface area contributed by atoms with Crippen molar-refractivity contribution in [2.24, 2.45) is 11.8 Å². The van der Waals surface area contributed by atoms with Crippen molar-refractivity contribution in [3.8, 4) is 23.3 Å². The molecular weight excluding hydrogens is 723 g/mol. The highest BCUT2D eigenvalue weighted by Gasteiger charge is 2.49. The summed E-state index contributed by atoms with van der Waals surface area (Å²) in [6, 6.07) is 16.9. The Balaban J connectivity index is 1.41. The molecule has 10 nitrogen and oxygen atoms in total. The van der Waals surface area contributed by atoms with Crippen molar-refractivity contribution in [2.45, 2.75) is 121 Å².